The molecule has 0 N–H and O–H groups in total. The molecular formula is C15H19IN2O. The van der Waals surface area contributed by atoms with E-state index in [1.807, 2.05) is 0 Å². The van der Waals surface area contributed by atoms with Crippen molar-refractivity contribution in [1.82, 2.24) is 4.90 Å². The normalized spacial score (nSPS) is 20.4. The van der Waals surface area contributed by atoms with Crippen LogP contribution in [0.5, 0.6) is 0 Å². The van der Waals surface area contributed by atoms with Crippen molar-refractivity contribution in [2.75, 3.05) is 44.3 Å². The molecule has 2 heterocycles. The smallest absolute Gasteiger partial charge is 0.0642 e. The van der Waals surface area contributed by atoms with Gasteiger partial charge in [-0.05, 0) is 53.3 Å². The Labute approximate surface area is 128 Å². The second kappa shape index (κ2) is 6.13. The van der Waals surface area contributed by atoms with Crippen LogP contribution in [0.1, 0.15) is 6.42 Å². The van der Waals surface area contributed by atoms with Crippen LogP contribution in [0.15, 0.2) is 36.0 Å². The molecule has 0 unspecified atom stereocenters. The molecule has 0 aliphatic carbocycles. The van der Waals surface area contributed by atoms with E-state index in [0.717, 1.165) is 45.8 Å². The Morgan fingerprint density at radius 2 is 1.68 bits per heavy atom. The van der Waals surface area contributed by atoms with Crippen molar-refractivity contribution < 1.29 is 4.74 Å². The summed E-state index contributed by atoms with van der Waals surface area (Å²) >= 11 is 2.35. The molecule has 102 valence electrons. The van der Waals surface area contributed by atoms with E-state index in [4.69, 9.17) is 4.74 Å². The summed E-state index contributed by atoms with van der Waals surface area (Å²) in [4.78, 5) is 4.95. The molecular weight excluding hydrogens is 351 g/mol. The predicted octanol–water partition coefficient (Wildman–Crippen LogP) is 2.72. The first-order valence-electron chi connectivity index (χ1n) is 6.85. The van der Waals surface area contributed by atoms with Gasteiger partial charge in [0.05, 0.1) is 19.8 Å². The highest BCUT2D eigenvalue weighted by molar-refractivity contribution is 14.1. The number of nitrogens with zero attached hydrogens (tertiary/aromatic N) is 2. The fourth-order valence-electron chi connectivity index (χ4n) is 2.68. The standard InChI is InChI=1S/C15H19IN2O/c16-13-3-5-14(6-4-13)18-7-1-2-15(12-18)17-8-10-19-11-9-17/h2-6H,1,7-12H2. The maximum absolute atomic E-state index is 5.43. The monoisotopic (exact) mass is 370 g/mol. The van der Waals surface area contributed by atoms with Crippen LogP contribution >= 0.6 is 22.6 Å². The molecule has 0 bridgehead atoms. The molecule has 19 heavy (non-hydrogen) atoms. The van der Waals surface area contributed by atoms with E-state index in [-0.39, 0.29) is 0 Å². The third-order valence-corrected chi connectivity index (χ3v) is 4.46. The lowest BCUT2D eigenvalue weighted by Gasteiger charge is -2.37. The van der Waals surface area contributed by atoms with Crippen LogP contribution < -0.4 is 4.90 Å². The van der Waals surface area contributed by atoms with Crippen molar-refractivity contribution in [1.29, 1.82) is 0 Å². The van der Waals surface area contributed by atoms with Gasteiger partial charge in [-0.15, -0.1) is 0 Å². The summed E-state index contributed by atoms with van der Waals surface area (Å²) in [5.41, 5.74) is 2.80. The van der Waals surface area contributed by atoms with Gasteiger partial charge in [-0.25, -0.2) is 0 Å². The summed E-state index contributed by atoms with van der Waals surface area (Å²) in [6, 6.07) is 8.82. The molecule has 0 saturated carbocycles. The first kappa shape index (κ1) is 13.2. The highest BCUT2D eigenvalue weighted by atomic mass is 127. The Morgan fingerprint density at radius 3 is 2.42 bits per heavy atom. The third-order valence-electron chi connectivity index (χ3n) is 3.74. The number of benzene rings is 1. The van der Waals surface area contributed by atoms with E-state index in [1.54, 1.807) is 0 Å². The van der Waals surface area contributed by atoms with Gasteiger partial charge in [0.1, 0.15) is 0 Å². The molecule has 0 spiro atoms. The fraction of sp³-hybridized carbons (Fsp3) is 0.467. The van der Waals surface area contributed by atoms with E-state index in [2.05, 4.69) is 62.7 Å². The summed E-state index contributed by atoms with van der Waals surface area (Å²) < 4.78 is 6.73. The van der Waals surface area contributed by atoms with Crippen molar-refractivity contribution in [3.63, 3.8) is 0 Å². The first-order chi connectivity index (χ1) is 9.33. The Morgan fingerprint density at radius 1 is 0.947 bits per heavy atom. The SMILES string of the molecule is Ic1ccc(N2CCC=C(N3CCOCC3)C2)cc1. The molecule has 1 saturated heterocycles. The van der Waals surface area contributed by atoms with Crippen LogP contribution in [0.3, 0.4) is 0 Å². The van der Waals surface area contributed by atoms with Crippen molar-refractivity contribution in [2.45, 2.75) is 6.42 Å². The van der Waals surface area contributed by atoms with Gasteiger partial charge < -0.3 is 14.5 Å². The number of hydrogen-bond acceptors (Lipinski definition) is 3. The summed E-state index contributed by atoms with van der Waals surface area (Å²) in [6.07, 6.45) is 3.53. The van der Waals surface area contributed by atoms with Crippen LogP contribution in [-0.4, -0.2) is 44.3 Å². The highest BCUT2D eigenvalue weighted by Crippen LogP contribution is 2.22. The summed E-state index contributed by atoms with van der Waals surface area (Å²) in [7, 11) is 0. The van der Waals surface area contributed by atoms with Crippen molar-refractivity contribution >= 4 is 28.3 Å². The van der Waals surface area contributed by atoms with Crippen LogP contribution in [0.4, 0.5) is 5.69 Å². The second-order valence-corrected chi connectivity index (χ2v) is 6.23. The number of ether oxygens (including phenoxy) is 1. The van der Waals surface area contributed by atoms with Gasteiger partial charge in [0.15, 0.2) is 0 Å². The molecule has 3 rings (SSSR count). The highest BCUT2D eigenvalue weighted by Gasteiger charge is 2.19. The van der Waals surface area contributed by atoms with Gasteiger partial charge in [0, 0.05) is 34.6 Å². The lowest BCUT2D eigenvalue weighted by atomic mass is 10.1. The van der Waals surface area contributed by atoms with E-state index < -0.39 is 0 Å². The van der Waals surface area contributed by atoms with Crippen LogP contribution in [0.2, 0.25) is 0 Å². The Balaban J connectivity index is 1.69. The topological polar surface area (TPSA) is 15.7 Å². The molecule has 0 atom stereocenters. The number of hydrogen-bond donors (Lipinski definition) is 0. The summed E-state index contributed by atoms with van der Waals surface area (Å²) in [5, 5.41) is 0. The van der Waals surface area contributed by atoms with Gasteiger partial charge in [-0.2, -0.15) is 0 Å². The average Bonchev–Trinajstić information content (AvgIpc) is 2.49. The zero-order valence-electron chi connectivity index (χ0n) is 11.0. The van der Waals surface area contributed by atoms with E-state index in [9.17, 15) is 0 Å². The van der Waals surface area contributed by atoms with Gasteiger partial charge in [-0.1, -0.05) is 6.08 Å². The lowest BCUT2D eigenvalue weighted by Crippen LogP contribution is -2.42. The minimum absolute atomic E-state index is 0.862. The molecule has 0 amide bonds. The molecule has 1 fully saturated rings. The largest absolute Gasteiger partial charge is 0.378 e. The molecule has 1 aromatic carbocycles. The number of anilines is 1. The van der Waals surface area contributed by atoms with Gasteiger partial charge >= 0.3 is 0 Å². The number of rotatable bonds is 2. The predicted molar refractivity (Wildman–Crippen MR) is 86.5 cm³/mol. The molecule has 1 aromatic rings. The molecule has 4 heteroatoms. The zero-order valence-corrected chi connectivity index (χ0v) is 13.2. The van der Waals surface area contributed by atoms with Gasteiger partial charge in [0.2, 0.25) is 0 Å². The van der Waals surface area contributed by atoms with Crippen LogP contribution in [-0.2, 0) is 4.74 Å². The Kier molecular flexibility index (Phi) is 4.28. The molecule has 3 nitrogen and oxygen atoms in total. The fourth-order valence-corrected chi connectivity index (χ4v) is 3.04. The zero-order chi connectivity index (χ0) is 13.1. The molecule has 2 aliphatic heterocycles. The summed E-state index contributed by atoms with van der Waals surface area (Å²) in [5.74, 6) is 0. The Bertz CT molecular complexity index is 452. The number of halogens is 1. The second-order valence-electron chi connectivity index (χ2n) is 4.98. The maximum atomic E-state index is 5.43. The van der Waals surface area contributed by atoms with Crippen LogP contribution in [0.25, 0.3) is 0 Å². The first-order valence-corrected chi connectivity index (χ1v) is 7.93. The quantitative estimate of drug-likeness (QED) is 0.745. The number of morpholine rings is 1. The van der Waals surface area contributed by atoms with Crippen molar-refractivity contribution in [2.24, 2.45) is 0 Å². The Hall–Kier alpha value is -0.750. The summed E-state index contributed by atoms with van der Waals surface area (Å²) in [6.45, 7) is 5.94. The molecule has 0 aromatic heterocycles. The van der Waals surface area contributed by atoms with E-state index in [1.165, 1.54) is 15.0 Å². The van der Waals surface area contributed by atoms with E-state index >= 15 is 0 Å². The van der Waals surface area contributed by atoms with Crippen molar-refractivity contribution in [3.8, 4) is 0 Å². The van der Waals surface area contributed by atoms with Crippen molar-refractivity contribution in [3.05, 3.63) is 39.6 Å². The van der Waals surface area contributed by atoms with E-state index in [0.29, 0.717) is 0 Å². The average molecular weight is 370 g/mol. The lowest BCUT2D eigenvalue weighted by molar-refractivity contribution is 0.0525. The minimum Gasteiger partial charge on any atom is -0.378 e. The molecule has 0 radical (unpaired) electrons. The third kappa shape index (κ3) is 3.23. The maximum Gasteiger partial charge on any atom is 0.0642 e. The van der Waals surface area contributed by atoms with Gasteiger partial charge in [-0.3, -0.25) is 0 Å². The van der Waals surface area contributed by atoms with Crippen LogP contribution in [0, 0.1) is 3.57 Å². The van der Waals surface area contributed by atoms with Gasteiger partial charge in [0.25, 0.3) is 0 Å². The molecule has 2 aliphatic rings. The minimum atomic E-state index is 0.862.